The summed E-state index contributed by atoms with van der Waals surface area (Å²) in [4.78, 5) is 29.7. The van der Waals surface area contributed by atoms with Gasteiger partial charge in [0.05, 0.1) is 28.7 Å². The molecule has 1 fully saturated rings. The fourth-order valence-electron chi connectivity index (χ4n) is 5.96. The Hall–Kier alpha value is -4.34. The first-order chi connectivity index (χ1) is 22.3. The molecule has 1 saturated heterocycles. The average molecular weight is 622 g/mol. The van der Waals surface area contributed by atoms with Gasteiger partial charge in [-0.3, -0.25) is 9.88 Å². The van der Waals surface area contributed by atoms with Crippen LogP contribution in [0.3, 0.4) is 0 Å². The molecule has 0 amide bonds. The molecule has 0 unspecified atom stereocenters. The molecule has 6 rings (SSSR count). The lowest BCUT2D eigenvalue weighted by atomic mass is 9.93. The van der Waals surface area contributed by atoms with Crippen molar-refractivity contribution in [1.82, 2.24) is 24.4 Å². The van der Waals surface area contributed by atoms with Gasteiger partial charge in [0.15, 0.2) is 0 Å². The topological polar surface area (TPSA) is 91.6 Å². The number of para-hydroxylation sites is 1. The summed E-state index contributed by atoms with van der Waals surface area (Å²) in [5, 5.41) is 1.10. The maximum Gasteiger partial charge on any atom is 0.338 e. The average Bonchev–Trinajstić information content (AvgIpc) is 3.39. The maximum atomic E-state index is 12.8. The number of imidazole rings is 1. The van der Waals surface area contributed by atoms with Crippen molar-refractivity contribution in [2.75, 3.05) is 19.7 Å². The largest absolute Gasteiger partial charge is 0.473 e. The highest BCUT2D eigenvalue weighted by atomic mass is 16.6. The molecule has 4 heterocycles. The zero-order chi connectivity index (χ0) is 32.1. The summed E-state index contributed by atoms with van der Waals surface area (Å²) in [5.74, 6) is 1.60. The van der Waals surface area contributed by atoms with E-state index in [1.54, 1.807) is 6.07 Å². The van der Waals surface area contributed by atoms with Crippen molar-refractivity contribution in [1.29, 1.82) is 0 Å². The third kappa shape index (κ3) is 7.54. The molecule has 9 nitrogen and oxygen atoms in total. The summed E-state index contributed by atoms with van der Waals surface area (Å²) in [6, 6.07) is 21.8. The lowest BCUT2D eigenvalue weighted by Crippen LogP contribution is -2.33. The smallest absolute Gasteiger partial charge is 0.338 e. The first kappa shape index (κ1) is 31.6. The number of nitrogens with zero attached hydrogens (tertiary/aromatic N) is 5. The SMILES string of the molecule is CCCOCn1c(CN2CCC(c3cccc(OCc4cccc5cccnc45)n3)CC2)nc2ccc(C(=O)OC(C)(C)C)cc21. The highest BCUT2D eigenvalue weighted by Crippen LogP contribution is 2.30. The second-order valence-corrected chi connectivity index (χ2v) is 12.9. The summed E-state index contributed by atoms with van der Waals surface area (Å²) in [6.45, 7) is 11.8. The normalized spacial score (nSPS) is 14.6. The monoisotopic (exact) mass is 621 g/mol. The van der Waals surface area contributed by atoms with E-state index in [1.807, 2.05) is 63.4 Å². The molecule has 240 valence electrons. The number of piperidine rings is 1. The van der Waals surface area contributed by atoms with E-state index in [0.717, 1.165) is 71.4 Å². The van der Waals surface area contributed by atoms with Crippen LogP contribution in [0.4, 0.5) is 0 Å². The number of fused-ring (bicyclic) bond motifs is 2. The van der Waals surface area contributed by atoms with Crippen molar-refractivity contribution < 1.29 is 19.0 Å². The van der Waals surface area contributed by atoms with Gasteiger partial charge in [0.2, 0.25) is 5.88 Å². The minimum atomic E-state index is -0.563. The van der Waals surface area contributed by atoms with Crippen molar-refractivity contribution in [2.45, 2.75) is 78.4 Å². The van der Waals surface area contributed by atoms with Gasteiger partial charge in [-0.05, 0) is 83.5 Å². The minimum absolute atomic E-state index is 0.339. The number of likely N-dealkylation sites (tertiary alicyclic amines) is 1. The molecule has 1 aliphatic heterocycles. The Balaban J connectivity index is 1.11. The molecule has 0 atom stereocenters. The number of benzene rings is 2. The Morgan fingerprint density at radius 2 is 1.78 bits per heavy atom. The van der Waals surface area contributed by atoms with E-state index >= 15 is 0 Å². The Bertz CT molecular complexity index is 1800. The van der Waals surface area contributed by atoms with Gasteiger partial charge >= 0.3 is 5.97 Å². The molecule has 0 N–H and O–H groups in total. The zero-order valence-electron chi connectivity index (χ0n) is 27.2. The molecule has 1 aliphatic rings. The standard InChI is InChI=1S/C37H43N5O4/c1-5-21-44-25-42-32-22-28(36(43)46-37(2,3)4)14-15-31(32)39-33(42)23-41-19-16-26(17-20-41)30-12-7-13-34(40-30)45-24-29-10-6-9-27-11-8-18-38-35(27)29/h6-15,18,22,26H,5,16-17,19-21,23-25H2,1-4H3. The minimum Gasteiger partial charge on any atom is -0.473 e. The van der Waals surface area contributed by atoms with Crippen molar-refractivity contribution >= 4 is 27.9 Å². The van der Waals surface area contributed by atoms with Gasteiger partial charge in [-0.25, -0.2) is 14.8 Å². The quantitative estimate of drug-likeness (QED) is 0.112. The van der Waals surface area contributed by atoms with E-state index in [4.69, 9.17) is 24.2 Å². The van der Waals surface area contributed by atoms with Crippen LogP contribution in [0.15, 0.2) is 72.9 Å². The van der Waals surface area contributed by atoms with Gasteiger partial charge in [-0.15, -0.1) is 0 Å². The Morgan fingerprint density at radius 1 is 0.978 bits per heavy atom. The van der Waals surface area contributed by atoms with Crippen molar-refractivity contribution in [3.63, 3.8) is 0 Å². The van der Waals surface area contributed by atoms with Gasteiger partial charge in [0.1, 0.15) is 24.8 Å². The van der Waals surface area contributed by atoms with Crippen LogP contribution >= 0.6 is 0 Å². The number of esters is 1. The molecule has 0 bridgehead atoms. The van der Waals surface area contributed by atoms with Crippen LogP contribution in [-0.4, -0.2) is 55.7 Å². The molecular weight excluding hydrogens is 578 g/mol. The first-order valence-electron chi connectivity index (χ1n) is 16.2. The molecule has 2 aromatic carbocycles. The van der Waals surface area contributed by atoms with Crippen LogP contribution in [0, 0.1) is 0 Å². The highest BCUT2D eigenvalue weighted by molar-refractivity contribution is 5.94. The predicted molar refractivity (Wildman–Crippen MR) is 179 cm³/mol. The number of aromatic nitrogens is 4. The summed E-state index contributed by atoms with van der Waals surface area (Å²) >= 11 is 0. The van der Waals surface area contributed by atoms with Gasteiger partial charge in [-0.2, -0.15) is 0 Å². The number of hydrogen-bond donors (Lipinski definition) is 0. The van der Waals surface area contributed by atoms with Gasteiger partial charge in [0.25, 0.3) is 0 Å². The zero-order valence-corrected chi connectivity index (χ0v) is 27.2. The fourth-order valence-corrected chi connectivity index (χ4v) is 5.96. The predicted octanol–water partition coefficient (Wildman–Crippen LogP) is 7.28. The summed E-state index contributed by atoms with van der Waals surface area (Å²) in [5.41, 5.74) is 4.75. The summed E-state index contributed by atoms with van der Waals surface area (Å²) < 4.78 is 19.8. The Morgan fingerprint density at radius 3 is 2.59 bits per heavy atom. The third-order valence-corrected chi connectivity index (χ3v) is 8.24. The van der Waals surface area contributed by atoms with Crippen LogP contribution < -0.4 is 4.74 Å². The van der Waals surface area contributed by atoms with Crippen LogP contribution in [-0.2, 0) is 29.4 Å². The molecule has 46 heavy (non-hydrogen) atoms. The van der Waals surface area contributed by atoms with E-state index in [-0.39, 0.29) is 5.97 Å². The lowest BCUT2D eigenvalue weighted by Gasteiger charge is -2.31. The second kappa shape index (κ2) is 14.0. The Labute approximate surface area is 270 Å². The van der Waals surface area contributed by atoms with E-state index < -0.39 is 5.60 Å². The fraction of sp³-hybridized carbons (Fsp3) is 0.405. The van der Waals surface area contributed by atoms with Gasteiger partial charge < -0.3 is 18.8 Å². The van der Waals surface area contributed by atoms with E-state index in [9.17, 15) is 4.79 Å². The summed E-state index contributed by atoms with van der Waals surface area (Å²) in [6.07, 6.45) is 4.74. The van der Waals surface area contributed by atoms with Crippen LogP contribution in [0.25, 0.3) is 21.9 Å². The number of carbonyl (C=O) groups excluding carboxylic acids is 1. The summed E-state index contributed by atoms with van der Waals surface area (Å²) in [7, 11) is 0. The number of rotatable bonds is 11. The lowest BCUT2D eigenvalue weighted by molar-refractivity contribution is 0.00695. The van der Waals surface area contributed by atoms with Crippen LogP contribution in [0.5, 0.6) is 5.88 Å². The van der Waals surface area contributed by atoms with E-state index in [2.05, 4.69) is 45.6 Å². The maximum absolute atomic E-state index is 12.8. The molecule has 0 aliphatic carbocycles. The van der Waals surface area contributed by atoms with Crippen molar-refractivity contribution in [3.05, 3.63) is 95.6 Å². The molecule has 0 spiro atoms. The third-order valence-electron chi connectivity index (χ3n) is 8.24. The molecular formula is C37H43N5O4. The number of ether oxygens (including phenoxy) is 3. The van der Waals surface area contributed by atoms with Gasteiger partial charge in [0, 0.05) is 41.4 Å². The molecule has 0 radical (unpaired) electrons. The highest BCUT2D eigenvalue weighted by Gasteiger charge is 2.25. The van der Waals surface area contributed by atoms with Crippen molar-refractivity contribution in [2.24, 2.45) is 0 Å². The molecule has 9 heteroatoms. The molecule has 3 aromatic heterocycles. The van der Waals surface area contributed by atoms with Crippen LogP contribution in [0.1, 0.15) is 80.3 Å². The van der Waals surface area contributed by atoms with Gasteiger partial charge in [-0.1, -0.05) is 37.3 Å². The van der Waals surface area contributed by atoms with E-state index in [1.165, 1.54) is 0 Å². The number of hydrogen-bond acceptors (Lipinski definition) is 8. The van der Waals surface area contributed by atoms with Crippen LogP contribution in [0.2, 0.25) is 0 Å². The number of pyridine rings is 2. The van der Waals surface area contributed by atoms with Crippen molar-refractivity contribution in [3.8, 4) is 5.88 Å². The number of carbonyl (C=O) groups is 1. The molecule has 5 aromatic rings. The van der Waals surface area contributed by atoms with E-state index in [0.29, 0.717) is 43.9 Å². The second-order valence-electron chi connectivity index (χ2n) is 12.9. The Kier molecular flexibility index (Phi) is 9.61. The first-order valence-corrected chi connectivity index (χ1v) is 16.2. The molecule has 0 saturated carbocycles.